The van der Waals surface area contributed by atoms with E-state index in [0.29, 0.717) is 5.56 Å². The van der Waals surface area contributed by atoms with Crippen molar-refractivity contribution in [3.05, 3.63) is 35.9 Å². The molecule has 2 amide bonds. The number of nitrogens with one attached hydrogen (secondary N) is 1. The molecule has 4 nitrogen and oxygen atoms in total. The van der Waals surface area contributed by atoms with E-state index in [1.165, 1.54) is 12.1 Å². The van der Waals surface area contributed by atoms with Crippen LogP contribution in [0.2, 0.25) is 0 Å². The van der Waals surface area contributed by atoms with Gasteiger partial charge in [-0.2, -0.15) is 0 Å². The minimum absolute atomic E-state index is 0.293. The number of rotatable bonds is 1. The standard InChI is InChI=1S/C8H7NO3/c10-7(9-8(11)12)6-4-2-1-3-5-6/h1-5H,(H,9,10)(H,11,12)/p-1. The molecular formula is C8H6NO3-. The highest BCUT2D eigenvalue weighted by molar-refractivity contribution is 6.01. The molecule has 0 saturated heterocycles. The zero-order chi connectivity index (χ0) is 8.97. The summed E-state index contributed by atoms with van der Waals surface area (Å²) < 4.78 is 0. The summed E-state index contributed by atoms with van der Waals surface area (Å²) in [6, 6.07) is 8.04. The van der Waals surface area contributed by atoms with Gasteiger partial charge in [-0.15, -0.1) is 0 Å². The summed E-state index contributed by atoms with van der Waals surface area (Å²) in [7, 11) is 0. The number of hydrogen-bond acceptors (Lipinski definition) is 3. The van der Waals surface area contributed by atoms with Crippen LogP contribution < -0.4 is 10.4 Å². The zero-order valence-corrected chi connectivity index (χ0v) is 6.11. The highest BCUT2D eigenvalue weighted by Crippen LogP contribution is 1.96. The summed E-state index contributed by atoms with van der Waals surface area (Å²) in [5, 5.41) is 11.6. The summed E-state index contributed by atoms with van der Waals surface area (Å²) in [6.45, 7) is 0. The third kappa shape index (κ3) is 2.09. The van der Waals surface area contributed by atoms with E-state index in [1.54, 1.807) is 23.5 Å². The van der Waals surface area contributed by atoms with E-state index in [9.17, 15) is 14.7 Å². The van der Waals surface area contributed by atoms with Gasteiger partial charge in [0.05, 0.1) is 0 Å². The van der Waals surface area contributed by atoms with Crippen molar-refractivity contribution in [1.82, 2.24) is 5.32 Å². The molecule has 0 atom stereocenters. The van der Waals surface area contributed by atoms with Gasteiger partial charge in [0, 0.05) is 5.56 Å². The SMILES string of the molecule is O=C([O-])NC(=O)c1ccccc1. The van der Waals surface area contributed by atoms with E-state index in [4.69, 9.17) is 0 Å². The molecule has 1 aromatic carbocycles. The predicted molar refractivity (Wildman–Crippen MR) is 39.3 cm³/mol. The van der Waals surface area contributed by atoms with Crippen LogP contribution in [0.1, 0.15) is 10.4 Å². The second-order valence-electron chi connectivity index (χ2n) is 2.11. The Morgan fingerprint density at radius 2 is 1.75 bits per heavy atom. The topological polar surface area (TPSA) is 69.2 Å². The Morgan fingerprint density at radius 3 is 2.25 bits per heavy atom. The number of benzene rings is 1. The van der Waals surface area contributed by atoms with E-state index in [2.05, 4.69) is 0 Å². The molecule has 12 heavy (non-hydrogen) atoms. The van der Waals surface area contributed by atoms with Crippen molar-refractivity contribution < 1.29 is 14.7 Å². The lowest BCUT2D eigenvalue weighted by Gasteiger charge is -2.03. The normalized spacial score (nSPS) is 9.00. The number of carboxylic acid groups (broad SMARTS) is 1. The van der Waals surface area contributed by atoms with E-state index < -0.39 is 12.0 Å². The molecule has 1 N–H and O–H groups in total. The second-order valence-corrected chi connectivity index (χ2v) is 2.11. The van der Waals surface area contributed by atoms with E-state index in [0.717, 1.165) is 0 Å². The van der Waals surface area contributed by atoms with Gasteiger partial charge in [0.1, 0.15) is 6.09 Å². The van der Waals surface area contributed by atoms with Crippen LogP contribution in [0.15, 0.2) is 30.3 Å². The molecule has 0 radical (unpaired) electrons. The third-order valence-electron chi connectivity index (χ3n) is 1.25. The first-order valence-corrected chi connectivity index (χ1v) is 3.27. The molecular weight excluding hydrogens is 158 g/mol. The number of carbonyl (C=O) groups is 2. The lowest BCUT2D eigenvalue weighted by molar-refractivity contribution is -0.249. The fraction of sp³-hybridized carbons (Fsp3) is 0. The molecule has 0 spiro atoms. The minimum atomic E-state index is -1.59. The average molecular weight is 164 g/mol. The lowest BCUT2D eigenvalue weighted by atomic mass is 10.2. The quantitative estimate of drug-likeness (QED) is 0.622. The monoisotopic (exact) mass is 164 g/mol. The largest absolute Gasteiger partial charge is 0.530 e. The molecule has 62 valence electrons. The molecule has 1 aromatic rings. The summed E-state index contributed by atoms with van der Waals surface area (Å²) in [5.74, 6) is -0.671. The smallest absolute Gasteiger partial charge is 0.256 e. The number of carbonyl (C=O) groups excluding carboxylic acids is 2. The van der Waals surface area contributed by atoms with Crippen LogP contribution >= 0.6 is 0 Å². The molecule has 0 bridgehead atoms. The molecule has 0 aliphatic heterocycles. The maximum Gasteiger partial charge on any atom is 0.256 e. The van der Waals surface area contributed by atoms with Crippen LogP contribution in [0.4, 0.5) is 4.79 Å². The molecule has 0 unspecified atom stereocenters. The Balaban J connectivity index is 2.73. The molecule has 4 heteroatoms. The molecule has 0 aromatic heterocycles. The molecule has 0 saturated carbocycles. The first-order valence-electron chi connectivity index (χ1n) is 3.27. The van der Waals surface area contributed by atoms with Crippen molar-refractivity contribution >= 4 is 12.0 Å². The van der Waals surface area contributed by atoms with Gasteiger partial charge in [-0.1, -0.05) is 18.2 Å². The van der Waals surface area contributed by atoms with Gasteiger partial charge in [-0.3, -0.25) is 4.79 Å². The van der Waals surface area contributed by atoms with Gasteiger partial charge in [-0.05, 0) is 12.1 Å². The van der Waals surface area contributed by atoms with Crippen LogP contribution in [-0.4, -0.2) is 12.0 Å². The molecule has 1 rings (SSSR count). The highest BCUT2D eigenvalue weighted by atomic mass is 16.4. The maximum absolute atomic E-state index is 10.9. The van der Waals surface area contributed by atoms with Crippen molar-refractivity contribution in [2.75, 3.05) is 0 Å². The Morgan fingerprint density at radius 1 is 1.17 bits per heavy atom. The molecule has 0 fully saturated rings. The van der Waals surface area contributed by atoms with Crippen LogP contribution in [0, 0.1) is 0 Å². The third-order valence-corrected chi connectivity index (χ3v) is 1.25. The first kappa shape index (κ1) is 8.26. The number of amides is 2. The Labute approximate surface area is 68.8 Å². The Bertz CT molecular complexity index is 294. The Kier molecular flexibility index (Phi) is 2.42. The van der Waals surface area contributed by atoms with Gasteiger partial charge >= 0.3 is 0 Å². The molecule has 0 aliphatic carbocycles. The van der Waals surface area contributed by atoms with E-state index >= 15 is 0 Å². The van der Waals surface area contributed by atoms with Crippen molar-refractivity contribution in [2.45, 2.75) is 0 Å². The minimum Gasteiger partial charge on any atom is -0.530 e. The van der Waals surface area contributed by atoms with Crippen molar-refractivity contribution in [1.29, 1.82) is 0 Å². The fourth-order valence-electron chi connectivity index (χ4n) is 0.754. The first-order chi connectivity index (χ1) is 5.70. The van der Waals surface area contributed by atoms with Crippen molar-refractivity contribution in [2.24, 2.45) is 0 Å². The average Bonchev–Trinajstić information content (AvgIpc) is 2.05. The summed E-state index contributed by atoms with van der Waals surface area (Å²) in [4.78, 5) is 20.9. The van der Waals surface area contributed by atoms with Gasteiger partial charge in [0.2, 0.25) is 0 Å². The molecule has 0 aliphatic rings. The van der Waals surface area contributed by atoms with Crippen molar-refractivity contribution in [3.8, 4) is 0 Å². The molecule has 0 heterocycles. The van der Waals surface area contributed by atoms with E-state index in [-0.39, 0.29) is 0 Å². The summed E-state index contributed by atoms with van der Waals surface area (Å²) in [5.41, 5.74) is 0.293. The van der Waals surface area contributed by atoms with Crippen LogP contribution in [-0.2, 0) is 0 Å². The van der Waals surface area contributed by atoms with Gasteiger partial charge in [0.25, 0.3) is 5.91 Å². The van der Waals surface area contributed by atoms with Crippen LogP contribution in [0.5, 0.6) is 0 Å². The zero-order valence-electron chi connectivity index (χ0n) is 6.11. The van der Waals surface area contributed by atoms with Crippen LogP contribution in [0.3, 0.4) is 0 Å². The van der Waals surface area contributed by atoms with Gasteiger partial charge < -0.3 is 15.2 Å². The Hall–Kier alpha value is -1.84. The van der Waals surface area contributed by atoms with E-state index in [1.807, 2.05) is 0 Å². The number of imide groups is 1. The van der Waals surface area contributed by atoms with Crippen molar-refractivity contribution in [3.63, 3.8) is 0 Å². The lowest BCUT2D eigenvalue weighted by Crippen LogP contribution is -2.40. The van der Waals surface area contributed by atoms with Gasteiger partial charge in [0.15, 0.2) is 0 Å². The maximum atomic E-state index is 10.9. The van der Waals surface area contributed by atoms with Gasteiger partial charge in [-0.25, -0.2) is 0 Å². The second kappa shape index (κ2) is 3.52. The predicted octanol–water partition coefficient (Wildman–Crippen LogP) is -0.240. The fourth-order valence-corrected chi connectivity index (χ4v) is 0.754. The summed E-state index contributed by atoms with van der Waals surface area (Å²) in [6.07, 6.45) is -1.59. The number of hydrogen-bond donors (Lipinski definition) is 1. The highest BCUT2D eigenvalue weighted by Gasteiger charge is 2.02. The summed E-state index contributed by atoms with van der Waals surface area (Å²) >= 11 is 0. The van der Waals surface area contributed by atoms with Crippen LogP contribution in [0.25, 0.3) is 0 Å².